The number of benzene rings is 2. The van der Waals surface area contributed by atoms with Gasteiger partial charge in [0.1, 0.15) is 0 Å². The van der Waals surface area contributed by atoms with Crippen LogP contribution in [0.2, 0.25) is 0 Å². The van der Waals surface area contributed by atoms with Crippen LogP contribution in [-0.4, -0.2) is 24.1 Å². The molecule has 1 aromatic heterocycles. The molecule has 2 aromatic carbocycles. The van der Waals surface area contributed by atoms with Crippen molar-refractivity contribution in [1.82, 2.24) is 4.57 Å². The lowest BCUT2D eigenvalue weighted by Gasteiger charge is -2.11. The standard InChI is InChI=1S/C22H25NO3/c1-3-9-20(24)18-16-23(19-11-5-4-10-17(18)19)14-8-15-26-22-13-7-6-12-21(22)25-2/h4-7,10-13,16H,3,8-9,14-15H2,1-2H3. The molecule has 26 heavy (non-hydrogen) atoms. The number of ether oxygens (including phenoxy) is 2. The molecule has 0 radical (unpaired) electrons. The van der Waals surface area contributed by atoms with Gasteiger partial charge in [-0.1, -0.05) is 37.3 Å². The van der Waals surface area contributed by atoms with Gasteiger partial charge in [-0.05, 0) is 31.0 Å². The van der Waals surface area contributed by atoms with Crippen molar-refractivity contribution in [3.05, 3.63) is 60.3 Å². The number of nitrogens with zero attached hydrogens (tertiary/aromatic N) is 1. The zero-order valence-corrected chi connectivity index (χ0v) is 15.4. The fourth-order valence-corrected chi connectivity index (χ4v) is 3.17. The highest BCUT2D eigenvalue weighted by molar-refractivity contribution is 6.08. The number of hydrogen-bond acceptors (Lipinski definition) is 3. The second-order valence-corrected chi connectivity index (χ2v) is 6.28. The first kappa shape index (κ1) is 18.1. The molecule has 3 aromatic rings. The van der Waals surface area contributed by atoms with E-state index < -0.39 is 0 Å². The smallest absolute Gasteiger partial charge is 0.165 e. The number of fused-ring (bicyclic) bond motifs is 1. The van der Waals surface area contributed by atoms with Crippen LogP contribution in [0.3, 0.4) is 0 Å². The summed E-state index contributed by atoms with van der Waals surface area (Å²) in [5, 5.41) is 1.04. The first-order chi connectivity index (χ1) is 12.7. The van der Waals surface area contributed by atoms with Crippen molar-refractivity contribution in [2.45, 2.75) is 32.7 Å². The molecule has 4 nitrogen and oxygen atoms in total. The Balaban J connectivity index is 1.68. The van der Waals surface area contributed by atoms with E-state index in [-0.39, 0.29) is 5.78 Å². The number of ketones is 1. The lowest BCUT2D eigenvalue weighted by Crippen LogP contribution is -2.04. The molecule has 0 N–H and O–H groups in total. The Morgan fingerprint density at radius 1 is 1.04 bits per heavy atom. The summed E-state index contributed by atoms with van der Waals surface area (Å²) in [5.74, 6) is 1.71. The van der Waals surface area contributed by atoms with Crippen molar-refractivity contribution in [3.63, 3.8) is 0 Å². The van der Waals surface area contributed by atoms with Crippen LogP contribution in [0.4, 0.5) is 0 Å². The molecule has 0 amide bonds. The highest BCUT2D eigenvalue weighted by Crippen LogP contribution is 2.26. The van der Waals surface area contributed by atoms with E-state index in [0.717, 1.165) is 47.4 Å². The van der Waals surface area contributed by atoms with Crippen LogP contribution in [-0.2, 0) is 6.54 Å². The molecule has 0 aliphatic carbocycles. The highest BCUT2D eigenvalue weighted by Gasteiger charge is 2.14. The van der Waals surface area contributed by atoms with Crippen LogP contribution in [0.5, 0.6) is 11.5 Å². The summed E-state index contributed by atoms with van der Waals surface area (Å²) in [7, 11) is 1.64. The van der Waals surface area contributed by atoms with Crippen LogP contribution < -0.4 is 9.47 Å². The zero-order valence-electron chi connectivity index (χ0n) is 15.4. The normalized spacial score (nSPS) is 10.8. The fraction of sp³-hybridized carbons (Fsp3) is 0.318. The number of carbonyl (C=O) groups excluding carboxylic acids is 1. The van der Waals surface area contributed by atoms with Crippen LogP contribution in [0.25, 0.3) is 10.9 Å². The lowest BCUT2D eigenvalue weighted by atomic mass is 10.1. The molecule has 1 heterocycles. The van der Waals surface area contributed by atoms with Gasteiger partial charge >= 0.3 is 0 Å². The molecule has 0 atom stereocenters. The van der Waals surface area contributed by atoms with Gasteiger partial charge in [-0.25, -0.2) is 0 Å². The predicted octanol–water partition coefficient (Wildman–Crippen LogP) is 5.10. The van der Waals surface area contributed by atoms with Crippen molar-refractivity contribution in [2.75, 3.05) is 13.7 Å². The van der Waals surface area contributed by atoms with Gasteiger partial charge in [0.2, 0.25) is 0 Å². The van der Waals surface area contributed by atoms with Crippen molar-refractivity contribution in [1.29, 1.82) is 0 Å². The van der Waals surface area contributed by atoms with E-state index >= 15 is 0 Å². The van der Waals surface area contributed by atoms with Crippen LogP contribution in [0.1, 0.15) is 36.5 Å². The van der Waals surface area contributed by atoms with Crippen LogP contribution >= 0.6 is 0 Å². The van der Waals surface area contributed by atoms with E-state index in [4.69, 9.17) is 9.47 Å². The van der Waals surface area contributed by atoms with Gasteiger partial charge in [0, 0.05) is 35.6 Å². The van der Waals surface area contributed by atoms with E-state index in [1.165, 1.54) is 0 Å². The number of hydrogen-bond donors (Lipinski definition) is 0. The number of aryl methyl sites for hydroxylation is 1. The number of rotatable bonds is 9. The molecule has 0 aliphatic rings. The first-order valence-corrected chi connectivity index (χ1v) is 9.11. The minimum atomic E-state index is 0.215. The van der Waals surface area contributed by atoms with Gasteiger partial charge in [0.25, 0.3) is 0 Å². The Hall–Kier alpha value is -2.75. The summed E-state index contributed by atoms with van der Waals surface area (Å²) in [6.45, 7) is 3.42. The summed E-state index contributed by atoms with van der Waals surface area (Å²) in [5.41, 5.74) is 1.93. The molecule has 3 rings (SSSR count). The van der Waals surface area contributed by atoms with E-state index in [1.807, 2.05) is 55.6 Å². The Morgan fingerprint density at radius 3 is 2.54 bits per heavy atom. The summed E-state index contributed by atoms with van der Waals surface area (Å²) >= 11 is 0. The number of aromatic nitrogens is 1. The van der Waals surface area contributed by atoms with E-state index in [0.29, 0.717) is 13.0 Å². The number of Topliss-reactive ketones (excluding diaryl/α,β-unsaturated/α-hetero) is 1. The predicted molar refractivity (Wildman–Crippen MR) is 104 cm³/mol. The Morgan fingerprint density at radius 2 is 1.77 bits per heavy atom. The topological polar surface area (TPSA) is 40.5 Å². The second kappa shape index (κ2) is 8.56. The molecular weight excluding hydrogens is 326 g/mol. The number of carbonyl (C=O) groups is 1. The first-order valence-electron chi connectivity index (χ1n) is 9.11. The fourth-order valence-electron chi connectivity index (χ4n) is 3.17. The van der Waals surface area contributed by atoms with Gasteiger partial charge in [-0.15, -0.1) is 0 Å². The highest BCUT2D eigenvalue weighted by atomic mass is 16.5. The second-order valence-electron chi connectivity index (χ2n) is 6.28. The minimum absolute atomic E-state index is 0.215. The molecule has 0 saturated heterocycles. The zero-order chi connectivity index (χ0) is 18.4. The molecule has 4 heteroatoms. The Kier molecular flexibility index (Phi) is 5.95. The molecule has 0 spiro atoms. The SMILES string of the molecule is CCCC(=O)c1cn(CCCOc2ccccc2OC)c2ccccc12. The van der Waals surface area contributed by atoms with Crippen molar-refractivity contribution in [2.24, 2.45) is 0 Å². The maximum Gasteiger partial charge on any atom is 0.165 e. The summed E-state index contributed by atoms with van der Waals surface area (Å²) in [6.07, 6.45) is 4.29. The third-order valence-corrected chi connectivity index (χ3v) is 4.44. The molecule has 0 aliphatic heterocycles. The van der Waals surface area contributed by atoms with Gasteiger partial charge in [-0.2, -0.15) is 0 Å². The molecule has 0 unspecified atom stereocenters. The minimum Gasteiger partial charge on any atom is -0.493 e. The van der Waals surface area contributed by atoms with Crippen LogP contribution in [0.15, 0.2) is 54.7 Å². The molecule has 136 valence electrons. The third kappa shape index (κ3) is 3.90. The van der Waals surface area contributed by atoms with Crippen molar-refractivity contribution >= 4 is 16.7 Å². The van der Waals surface area contributed by atoms with Gasteiger partial charge in [0.05, 0.1) is 13.7 Å². The van der Waals surface area contributed by atoms with E-state index in [2.05, 4.69) is 10.6 Å². The van der Waals surface area contributed by atoms with Crippen molar-refractivity contribution in [3.8, 4) is 11.5 Å². The maximum absolute atomic E-state index is 12.4. The molecule has 0 bridgehead atoms. The third-order valence-electron chi connectivity index (χ3n) is 4.44. The van der Waals surface area contributed by atoms with Gasteiger partial charge < -0.3 is 14.0 Å². The molecular formula is C22H25NO3. The largest absolute Gasteiger partial charge is 0.493 e. The average Bonchev–Trinajstić information content (AvgIpc) is 3.05. The lowest BCUT2D eigenvalue weighted by molar-refractivity contribution is 0.0983. The maximum atomic E-state index is 12.4. The average molecular weight is 351 g/mol. The van der Waals surface area contributed by atoms with Crippen LogP contribution in [0, 0.1) is 0 Å². The Bertz CT molecular complexity index is 882. The summed E-state index contributed by atoms with van der Waals surface area (Å²) < 4.78 is 13.3. The quantitative estimate of drug-likeness (QED) is 0.398. The molecule has 0 fully saturated rings. The van der Waals surface area contributed by atoms with Gasteiger partial charge in [-0.3, -0.25) is 4.79 Å². The molecule has 0 saturated carbocycles. The number of para-hydroxylation sites is 3. The summed E-state index contributed by atoms with van der Waals surface area (Å²) in [4.78, 5) is 12.4. The van der Waals surface area contributed by atoms with Crippen molar-refractivity contribution < 1.29 is 14.3 Å². The van der Waals surface area contributed by atoms with Gasteiger partial charge in [0.15, 0.2) is 17.3 Å². The van der Waals surface area contributed by atoms with E-state index in [9.17, 15) is 4.79 Å². The number of methoxy groups -OCH3 is 1. The monoisotopic (exact) mass is 351 g/mol. The Labute approximate surface area is 154 Å². The summed E-state index contributed by atoms with van der Waals surface area (Å²) in [6, 6.07) is 15.7. The van der Waals surface area contributed by atoms with E-state index in [1.54, 1.807) is 7.11 Å².